The number of hydrogen-bond acceptors (Lipinski definition) is 7. The van der Waals surface area contributed by atoms with Crippen LogP contribution < -0.4 is 5.32 Å². The van der Waals surface area contributed by atoms with Crippen LogP contribution in [0.5, 0.6) is 0 Å². The molecule has 1 atom stereocenters. The fraction of sp³-hybridized carbons (Fsp3) is 0.357. The number of nitrogens with zero attached hydrogens (tertiary/aromatic N) is 5. The fourth-order valence-corrected chi connectivity index (χ4v) is 5.21. The van der Waals surface area contributed by atoms with Crippen molar-refractivity contribution >= 4 is 28.6 Å². The molecule has 1 fully saturated rings. The molecular formula is C28H31MoN6O3S-. The molecule has 4 rings (SSSR count). The molecule has 0 aliphatic carbocycles. The van der Waals surface area contributed by atoms with Crippen molar-refractivity contribution in [2.45, 2.75) is 46.3 Å². The van der Waals surface area contributed by atoms with Gasteiger partial charge in [0.2, 0.25) is 0 Å². The normalized spacial score (nSPS) is 15.3. The number of nitrogens with one attached hydrogen (secondary N) is 1. The Hall–Kier alpha value is -3.28. The van der Waals surface area contributed by atoms with E-state index < -0.39 is 17.7 Å². The monoisotopic (exact) mass is 629 g/mol. The van der Waals surface area contributed by atoms with E-state index in [0.29, 0.717) is 29.5 Å². The van der Waals surface area contributed by atoms with E-state index in [1.807, 2.05) is 58.9 Å². The minimum Gasteiger partial charge on any atom is -0.444 e. The number of amides is 3. The molecule has 3 amide bonds. The molecule has 204 valence electrons. The summed E-state index contributed by atoms with van der Waals surface area (Å²) in [6.07, 6.45) is -0.414. The van der Waals surface area contributed by atoms with Crippen LogP contribution in [0.4, 0.5) is 14.7 Å². The van der Waals surface area contributed by atoms with Gasteiger partial charge in [-0.3, -0.25) is 10.3 Å². The van der Waals surface area contributed by atoms with Crippen molar-refractivity contribution < 1.29 is 35.4 Å². The van der Waals surface area contributed by atoms with E-state index in [4.69, 9.17) is 9.72 Å². The van der Waals surface area contributed by atoms with Gasteiger partial charge in [0, 0.05) is 57.7 Å². The molecule has 0 unspecified atom stereocenters. The summed E-state index contributed by atoms with van der Waals surface area (Å²) in [4.78, 5) is 39.0. The molecule has 1 aliphatic rings. The van der Waals surface area contributed by atoms with Gasteiger partial charge in [-0.2, -0.15) is 5.26 Å². The second-order valence-corrected chi connectivity index (χ2v) is 11.2. The van der Waals surface area contributed by atoms with Crippen LogP contribution in [0.25, 0.3) is 21.7 Å². The van der Waals surface area contributed by atoms with Crippen LogP contribution in [0.2, 0.25) is 0 Å². The Morgan fingerprint density at radius 2 is 1.82 bits per heavy atom. The van der Waals surface area contributed by atoms with E-state index in [-0.39, 0.29) is 33.6 Å². The molecule has 1 aromatic carbocycles. The molecule has 11 heteroatoms. The average Bonchev–Trinajstić information content (AvgIpc) is 3.26. The van der Waals surface area contributed by atoms with Crippen LogP contribution in [0, 0.1) is 32.1 Å². The van der Waals surface area contributed by atoms with Gasteiger partial charge in [0.1, 0.15) is 5.60 Å². The number of piperazine rings is 1. The van der Waals surface area contributed by atoms with Crippen LogP contribution in [0.1, 0.15) is 37.7 Å². The third kappa shape index (κ3) is 7.43. The zero-order valence-electron chi connectivity index (χ0n) is 22.6. The Morgan fingerprint density at radius 3 is 2.44 bits per heavy atom. The molecular weight excluding hydrogens is 596 g/mol. The number of ether oxygens (including phenoxy) is 1. The van der Waals surface area contributed by atoms with Gasteiger partial charge in [-0.1, -0.05) is 29.5 Å². The maximum Gasteiger partial charge on any atom is 0.410 e. The minimum absolute atomic E-state index is 0. The summed E-state index contributed by atoms with van der Waals surface area (Å²) in [5.74, 6) is 0. The summed E-state index contributed by atoms with van der Waals surface area (Å²) in [5, 5.41) is 12.7. The topological polar surface area (TPSA) is 111 Å². The first-order valence-corrected chi connectivity index (χ1v) is 13.1. The Balaban J connectivity index is 0.00000420. The first-order chi connectivity index (χ1) is 17.9. The van der Waals surface area contributed by atoms with E-state index in [0.717, 1.165) is 27.4 Å². The Labute approximate surface area is 247 Å². The van der Waals surface area contributed by atoms with Crippen molar-refractivity contribution in [3.63, 3.8) is 0 Å². The molecule has 3 heterocycles. The number of anilines is 1. The average molecular weight is 628 g/mol. The molecule has 0 spiro atoms. The van der Waals surface area contributed by atoms with Crippen LogP contribution >= 0.6 is 11.3 Å². The Morgan fingerprint density at radius 1 is 1.13 bits per heavy atom. The number of aromatic nitrogens is 2. The number of carbonyl (C=O) groups excluding carboxylic acids is 2. The van der Waals surface area contributed by atoms with Gasteiger partial charge in [-0.25, -0.2) is 14.6 Å². The van der Waals surface area contributed by atoms with Gasteiger partial charge in [-0.05, 0) is 64.4 Å². The van der Waals surface area contributed by atoms with Crippen LogP contribution in [-0.2, 0) is 25.8 Å². The smallest absolute Gasteiger partial charge is 0.410 e. The minimum atomic E-state index is -0.596. The molecule has 1 saturated heterocycles. The number of pyridine rings is 1. The number of nitriles is 1. The molecule has 3 aromatic rings. The number of benzene rings is 1. The summed E-state index contributed by atoms with van der Waals surface area (Å²) in [6, 6.07) is 12.6. The van der Waals surface area contributed by atoms with Gasteiger partial charge in [0.25, 0.3) is 0 Å². The van der Waals surface area contributed by atoms with Crippen molar-refractivity contribution in [3.8, 4) is 27.8 Å². The van der Waals surface area contributed by atoms with Gasteiger partial charge >= 0.3 is 12.1 Å². The predicted molar refractivity (Wildman–Crippen MR) is 148 cm³/mol. The van der Waals surface area contributed by atoms with Crippen LogP contribution in [0.15, 0.2) is 36.4 Å². The third-order valence-electron chi connectivity index (χ3n) is 5.85. The number of carbonyl (C=O) groups is 2. The summed E-state index contributed by atoms with van der Waals surface area (Å²) in [5.41, 5.74) is 4.07. The maximum absolute atomic E-state index is 13.2. The van der Waals surface area contributed by atoms with Crippen molar-refractivity contribution in [1.29, 1.82) is 5.26 Å². The largest absolute Gasteiger partial charge is 0.444 e. The molecule has 0 saturated carbocycles. The van der Waals surface area contributed by atoms with Crippen molar-refractivity contribution in [1.82, 2.24) is 19.8 Å². The molecule has 0 radical (unpaired) electrons. The zero-order chi connectivity index (χ0) is 27.6. The summed E-state index contributed by atoms with van der Waals surface area (Å²) < 4.78 is 5.46. The second-order valence-electron chi connectivity index (χ2n) is 10.2. The predicted octanol–water partition coefficient (Wildman–Crippen LogP) is 5.65. The fourth-order valence-electron chi connectivity index (χ4n) is 4.24. The molecule has 9 nitrogen and oxygen atoms in total. The summed E-state index contributed by atoms with van der Waals surface area (Å²) in [6.45, 7) is 14.3. The third-order valence-corrected chi connectivity index (χ3v) is 6.86. The van der Waals surface area contributed by atoms with Crippen molar-refractivity contribution in [2.24, 2.45) is 0 Å². The van der Waals surface area contributed by atoms with E-state index in [1.165, 1.54) is 11.3 Å². The number of hydrogen-bond donors (Lipinski definition) is 1. The Bertz CT molecular complexity index is 1390. The first-order valence-electron chi connectivity index (χ1n) is 12.3. The van der Waals surface area contributed by atoms with E-state index in [9.17, 15) is 14.9 Å². The van der Waals surface area contributed by atoms with E-state index in [1.54, 1.807) is 21.9 Å². The molecule has 1 N–H and O–H groups in total. The summed E-state index contributed by atoms with van der Waals surface area (Å²) >= 11 is 1.36. The van der Waals surface area contributed by atoms with Crippen LogP contribution in [-0.4, -0.2) is 63.2 Å². The van der Waals surface area contributed by atoms with Gasteiger partial charge in [0.05, 0.1) is 22.2 Å². The standard InChI is InChI=1S/C28H31N6O3S.Mo/c1-17-12-22(13-18(2)30-17)24-23(21-9-7-8-20(14-21)15-29)31-25(38-24)32-26(35)34-11-10-33(16-19(34)3)27(36)37-28(4,5)6;/h7-9,12-14,19H,3,10-11,16H2,1-2,4-6H3,(H,31,32,35);/q-1;/t19-;/m1./s1. The SMILES string of the molecule is [CH2-][C@@H]1CN(C(=O)OC(C)(C)C)CCN1C(=O)Nc1nc(-c2cccc(C#N)c2)c(-c2cc(C)nc(C)c2)s1.[Mo]. The molecule has 39 heavy (non-hydrogen) atoms. The summed E-state index contributed by atoms with van der Waals surface area (Å²) in [7, 11) is 0. The van der Waals surface area contributed by atoms with Gasteiger partial charge in [-0.15, -0.1) is 0 Å². The van der Waals surface area contributed by atoms with Crippen LogP contribution in [0.3, 0.4) is 0 Å². The van der Waals surface area contributed by atoms with E-state index >= 15 is 0 Å². The van der Waals surface area contributed by atoms with Crippen molar-refractivity contribution in [3.05, 3.63) is 60.3 Å². The molecule has 1 aliphatic heterocycles. The van der Waals surface area contributed by atoms with Gasteiger partial charge in [0.15, 0.2) is 5.13 Å². The molecule has 0 bridgehead atoms. The number of urea groups is 1. The van der Waals surface area contributed by atoms with Crippen molar-refractivity contribution in [2.75, 3.05) is 25.0 Å². The number of thiazole rings is 1. The number of rotatable bonds is 3. The van der Waals surface area contributed by atoms with Gasteiger partial charge < -0.3 is 21.5 Å². The Kier molecular flexibility index (Phi) is 9.52. The number of aryl methyl sites for hydroxylation is 2. The second kappa shape index (κ2) is 12.3. The first kappa shape index (κ1) is 30.3. The molecule has 2 aromatic heterocycles. The van der Waals surface area contributed by atoms with E-state index in [2.05, 4.69) is 23.3 Å². The maximum atomic E-state index is 13.2. The zero-order valence-corrected chi connectivity index (χ0v) is 25.5. The quantitative estimate of drug-likeness (QED) is 0.297.